The molecule has 102 valence electrons. The van der Waals surface area contributed by atoms with Crippen LogP contribution in [0.25, 0.3) is 0 Å². The molecule has 0 aliphatic carbocycles. The highest BCUT2D eigenvalue weighted by Crippen LogP contribution is 2.21. The number of carbonyl (C=O) groups excluding carboxylic acids is 1. The molecule has 1 unspecified atom stereocenters. The normalized spacial score (nSPS) is 13.4. The van der Waals surface area contributed by atoms with E-state index in [0.717, 1.165) is 16.8 Å². The minimum Gasteiger partial charge on any atom is -0.350 e. The molecule has 1 amide bonds. The van der Waals surface area contributed by atoms with Crippen molar-refractivity contribution in [3.63, 3.8) is 0 Å². The minimum absolute atomic E-state index is 0.0532. The van der Waals surface area contributed by atoms with E-state index in [2.05, 4.69) is 39.6 Å². The highest BCUT2D eigenvalue weighted by atomic mass is 79.9. The number of hydrogen-bond acceptors (Lipinski definition) is 3. The molecule has 0 saturated carbocycles. The first kappa shape index (κ1) is 15.7. The summed E-state index contributed by atoms with van der Waals surface area (Å²) >= 11 is 5.11. The van der Waals surface area contributed by atoms with Gasteiger partial charge in [-0.25, -0.2) is 0 Å². The summed E-state index contributed by atoms with van der Waals surface area (Å²) in [6.07, 6.45) is 0.920. The van der Waals surface area contributed by atoms with E-state index in [1.54, 1.807) is 11.3 Å². The summed E-state index contributed by atoms with van der Waals surface area (Å²) < 4.78 is 1.11. The molecule has 0 saturated heterocycles. The molecule has 1 aromatic rings. The molecule has 18 heavy (non-hydrogen) atoms. The van der Waals surface area contributed by atoms with Gasteiger partial charge in [0.25, 0.3) is 0 Å². The van der Waals surface area contributed by atoms with Gasteiger partial charge in [-0.2, -0.15) is 0 Å². The Hall–Kier alpha value is -0.390. The van der Waals surface area contributed by atoms with Crippen molar-refractivity contribution in [3.8, 4) is 0 Å². The highest BCUT2D eigenvalue weighted by molar-refractivity contribution is 9.11. The van der Waals surface area contributed by atoms with Crippen molar-refractivity contribution in [2.24, 2.45) is 0 Å². The van der Waals surface area contributed by atoms with E-state index in [4.69, 9.17) is 0 Å². The summed E-state index contributed by atoms with van der Waals surface area (Å²) in [6, 6.07) is 3.89. The summed E-state index contributed by atoms with van der Waals surface area (Å²) in [5, 5.41) is 6.28. The van der Waals surface area contributed by atoms with Gasteiger partial charge in [0.2, 0.25) is 5.91 Å². The lowest BCUT2D eigenvalue weighted by atomic mass is 10.0. The van der Waals surface area contributed by atoms with Crippen LogP contribution in [0.5, 0.6) is 0 Å². The molecule has 3 nitrogen and oxygen atoms in total. The summed E-state index contributed by atoms with van der Waals surface area (Å²) in [6.45, 7) is 8.75. The summed E-state index contributed by atoms with van der Waals surface area (Å²) in [4.78, 5) is 13.2. The number of halogens is 1. The number of nitrogens with one attached hydrogen (secondary N) is 2. The van der Waals surface area contributed by atoms with E-state index < -0.39 is 0 Å². The Morgan fingerprint density at radius 3 is 2.67 bits per heavy atom. The van der Waals surface area contributed by atoms with E-state index in [1.807, 2.05) is 26.8 Å². The van der Waals surface area contributed by atoms with Crippen LogP contribution in [0, 0.1) is 0 Å². The maximum atomic E-state index is 12.0. The lowest BCUT2D eigenvalue weighted by Gasteiger charge is -2.26. The summed E-state index contributed by atoms with van der Waals surface area (Å²) in [7, 11) is 0. The molecular formula is C13H21BrN2OS. The first-order valence-electron chi connectivity index (χ1n) is 6.13. The zero-order chi connectivity index (χ0) is 13.8. The van der Waals surface area contributed by atoms with Crippen LogP contribution in [-0.4, -0.2) is 17.5 Å². The molecule has 1 rings (SSSR count). The predicted octanol–water partition coefficient (Wildman–Crippen LogP) is 3.29. The number of thiophene rings is 1. The van der Waals surface area contributed by atoms with E-state index in [0.29, 0.717) is 0 Å². The maximum absolute atomic E-state index is 12.0. The SMILES string of the molecule is CCC(C)(C)NC(=O)C(C)NCc1ccc(Br)s1. The Labute approximate surface area is 121 Å². The third-order valence-electron chi connectivity index (χ3n) is 2.95. The van der Waals surface area contributed by atoms with Crippen molar-refractivity contribution in [3.05, 3.63) is 20.8 Å². The van der Waals surface area contributed by atoms with Gasteiger partial charge < -0.3 is 10.6 Å². The fourth-order valence-corrected chi connectivity index (χ4v) is 2.76. The van der Waals surface area contributed by atoms with Crippen molar-refractivity contribution in [2.45, 2.75) is 52.2 Å². The number of hydrogen-bond donors (Lipinski definition) is 2. The van der Waals surface area contributed by atoms with Crippen LogP contribution in [0.4, 0.5) is 0 Å². The molecule has 1 aromatic heterocycles. The van der Waals surface area contributed by atoms with Gasteiger partial charge in [-0.1, -0.05) is 6.92 Å². The number of amides is 1. The van der Waals surface area contributed by atoms with Gasteiger partial charge in [0, 0.05) is 17.0 Å². The van der Waals surface area contributed by atoms with Crippen LogP contribution in [-0.2, 0) is 11.3 Å². The molecular weight excluding hydrogens is 312 g/mol. The maximum Gasteiger partial charge on any atom is 0.237 e. The molecule has 0 spiro atoms. The fourth-order valence-electron chi connectivity index (χ4n) is 1.32. The van der Waals surface area contributed by atoms with Crippen molar-refractivity contribution < 1.29 is 4.79 Å². The van der Waals surface area contributed by atoms with Crippen LogP contribution in [0.1, 0.15) is 39.0 Å². The Morgan fingerprint density at radius 1 is 1.50 bits per heavy atom. The summed E-state index contributed by atoms with van der Waals surface area (Å²) in [5.41, 5.74) is -0.140. The highest BCUT2D eigenvalue weighted by Gasteiger charge is 2.21. The Balaban J connectivity index is 2.41. The van der Waals surface area contributed by atoms with Gasteiger partial charge in [-0.15, -0.1) is 11.3 Å². The fraction of sp³-hybridized carbons (Fsp3) is 0.615. The van der Waals surface area contributed by atoms with E-state index in [-0.39, 0.29) is 17.5 Å². The van der Waals surface area contributed by atoms with Crippen LogP contribution >= 0.6 is 27.3 Å². The van der Waals surface area contributed by atoms with E-state index in [9.17, 15) is 4.79 Å². The quantitative estimate of drug-likeness (QED) is 0.839. The van der Waals surface area contributed by atoms with Crippen molar-refractivity contribution in [1.82, 2.24) is 10.6 Å². The first-order chi connectivity index (χ1) is 8.34. The Kier molecular flexibility index (Phi) is 5.82. The van der Waals surface area contributed by atoms with Crippen LogP contribution in [0.3, 0.4) is 0 Å². The molecule has 0 bridgehead atoms. The molecule has 1 atom stereocenters. The zero-order valence-electron chi connectivity index (χ0n) is 11.3. The Morgan fingerprint density at radius 2 is 2.17 bits per heavy atom. The molecule has 0 fully saturated rings. The van der Waals surface area contributed by atoms with Crippen molar-refractivity contribution in [2.75, 3.05) is 0 Å². The minimum atomic E-state index is -0.184. The zero-order valence-corrected chi connectivity index (χ0v) is 13.7. The summed E-state index contributed by atoms with van der Waals surface area (Å²) in [5.74, 6) is 0.0532. The topological polar surface area (TPSA) is 41.1 Å². The smallest absolute Gasteiger partial charge is 0.237 e. The van der Waals surface area contributed by atoms with Crippen molar-refractivity contribution >= 4 is 33.2 Å². The third-order valence-corrected chi connectivity index (χ3v) is 4.57. The van der Waals surface area contributed by atoms with Crippen molar-refractivity contribution in [1.29, 1.82) is 0 Å². The van der Waals surface area contributed by atoms with E-state index in [1.165, 1.54) is 4.88 Å². The predicted molar refractivity (Wildman–Crippen MR) is 80.8 cm³/mol. The molecule has 0 aromatic carbocycles. The van der Waals surface area contributed by atoms with Crippen LogP contribution < -0.4 is 10.6 Å². The third kappa shape index (κ3) is 5.08. The Bertz CT molecular complexity index is 403. The lowest BCUT2D eigenvalue weighted by molar-refractivity contribution is -0.124. The second kappa shape index (κ2) is 6.68. The molecule has 1 heterocycles. The standard InChI is InChI=1S/C13H21BrN2OS/c1-5-13(3,4)16-12(17)9(2)15-8-10-6-7-11(14)18-10/h6-7,9,15H,5,8H2,1-4H3,(H,16,17). The first-order valence-corrected chi connectivity index (χ1v) is 7.74. The molecule has 5 heteroatoms. The second-order valence-electron chi connectivity index (χ2n) is 5.04. The average Bonchev–Trinajstić information content (AvgIpc) is 2.71. The number of rotatable bonds is 6. The molecule has 2 N–H and O–H groups in total. The van der Waals surface area contributed by atoms with Crippen LogP contribution in [0.2, 0.25) is 0 Å². The van der Waals surface area contributed by atoms with Gasteiger partial charge in [-0.05, 0) is 55.3 Å². The molecule has 0 radical (unpaired) electrons. The van der Waals surface area contributed by atoms with Gasteiger partial charge in [0.05, 0.1) is 9.83 Å². The van der Waals surface area contributed by atoms with Crippen LogP contribution in [0.15, 0.2) is 15.9 Å². The average molecular weight is 333 g/mol. The van der Waals surface area contributed by atoms with E-state index >= 15 is 0 Å². The van der Waals surface area contributed by atoms with Gasteiger partial charge in [0.15, 0.2) is 0 Å². The lowest BCUT2D eigenvalue weighted by Crippen LogP contribution is -2.50. The molecule has 0 aliphatic rings. The van der Waals surface area contributed by atoms with Gasteiger partial charge in [0.1, 0.15) is 0 Å². The number of carbonyl (C=O) groups is 1. The van der Waals surface area contributed by atoms with Gasteiger partial charge in [-0.3, -0.25) is 4.79 Å². The monoisotopic (exact) mass is 332 g/mol. The molecule has 0 aliphatic heterocycles. The largest absolute Gasteiger partial charge is 0.350 e. The second-order valence-corrected chi connectivity index (χ2v) is 7.58. The van der Waals surface area contributed by atoms with Gasteiger partial charge >= 0.3 is 0 Å².